The number of ether oxygens (including phenoxy) is 1. The van der Waals surface area contributed by atoms with Gasteiger partial charge in [0.15, 0.2) is 12.7 Å². The number of hydrogen-bond donors (Lipinski definition) is 1. The van der Waals surface area contributed by atoms with E-state index in [1.807, 2.05) is 72.8 Å². The molecule has 0 atom stereocenters. The van der Waals surface area contributed by atoms with Crippen LogP contribution in [0.25, 0.3) is 33.4 Å². The van der Waals surface area contributed by atoms with E-state index in [1.165, 1.54) is 50.0 Å². The molecule has 18 heteroatoms. The average Bonchev–Trinajstić information content (AvgIpc) is 0.768. The van der Waals surface area contributed by atoms with E-state index in [9.17, 15) is 14.7 Å². The third kappa shape index (κ3) is 21.5. The summed E-state index contributed by atoms with van der Waals surface area (Å²) >= 11 is 9.96. The summed E-state index contributed by atoms with van der Waals surface area (Å²) in [6.45, 7) is -0.181. The predicted octanol–water partition coefficient (Wildman–Crippen LogP) is 4.09. The van der Waals surface area contributed by atoms with Gasteiger partial charge in [0.05, 0.1) is 9.80 Å². The zero-order valence-corrected chi connectivity index (χ0v) is 67.1. The van der Waals surface area contributed by atoms with Crippen LogP contribution in [0.1, 0.15) is 19.2 Å². The molecule has 0 fully saturated rings. The largest absolute Gasteiger partial charge is 1.00 e. The van der Waals surface area contributed by atoms with Crippen molar-refractivity contribution in [2.75, 3.05) is 15.7 Å². The summed E-state index contributed by atoms with van der Waals surface area (Å²) in [5, 5.41) is 32.0. The number of carbonyl (C=O) groups excluding carboxylic acids is 2. The Hall–Kier alpha value is -5.50. The minimum absolute atomic E-state index is 0. The van der Waals surface area contributed by atoms with Crippen molar-refractivity contribution < 1.29 is 128 Å². The van der Waals surface area contributed by atoms with Crippen molar-refractivity contribution in [1.29, 1.82) is 0 Å². The fraction of sp³-hybridized carbons (Fsp3) is 0.0506. The van der Waals surface area contributed by atoms with Crippen LogP contribution in [0, 0.1) is 0 Å². The molecule has 0 aromatic heterocycles. The first kappa shape index (κ1) is 83.9. The zero-order valence-electron chi connectivity index (χ0n) is 53.5. The third-order valence-electron chi connectivity index (χ3n) is 14.9. The second kappa shape index (κ2) is 43.9. The van der Waals surface area contributed by atoms with E-state index < -0.39 is 28.4 Å². The number of fused-ring (bicyclic) bond motifs is 2. The molecule has 484 valence electrons. The molecule has 0 amide bonds. The molecule has 0 bridgehead atoms. The second-order valence-corrected chi connectivity index (χ2v) is 33.5. The molecule has 0 radical (unpaired) electrons. The maximum Gasteiger partial charge on any atom is 1.00 e. The predicted molar refractivity (Wildman–Crippen MR) is 403 cm³/mol. The normalized spacial score (nSPS) is 10.2. The molecule has 2 aliphatic rings. The van der Waals surface area contributed by atoms with Crippen LogP contribution in [0.5, 0.6) is 5.75 Å². The fourth-order valence-corrected chi connectivity index (χ4v) is 22.8. The Morgan fingerprint density at radius 3 is 1.15 bits per heavy atom. The van der Waals surface area contributed by atoms with Gasteiger partial charge >= 0.3 is 65.1 Å². The number of aromatic hydroxyl groups is 1. The Balaban J connectivity index is 0.000000395. The van der Waals surface area contributed by atoms with Crippen LogP contribution in [-0.4, -0.2) is 33.2 Å². The molecule has 11 aromatic rings. The van der Waals surface area contributed by atoms with E-state index in [1.54, 1.807) is 24.3 Å². The Labute approximate surface area is 663 Å². The smallest absolute Gasteiger partial charge is 1.00 e. The van der Waals surface area contributed by atoms with Crippen LogP contribution in [0.4, 0.5) is 0 Å². The average molecular weight is 1680 g/mol. The summed E-state index contributed by atoms with van der Waals surface area (Å²) in [6, 6.07) is 113. The molecule has 1 heterocycles. The van der Waals surface area contributed by atoms with Gasteiger partial charge in [-0.3, -0.25) is 9.59 Å². The van der Waals surface area contributed by atoms with Crippen LogP contribution < -0.4 is 152 Å². The minimum Gasteiger partial charge on any atom is -1.00 e. The van der Waals surface area contributed by atoms with Gasteiger partial charge < -0.3 is 59.8 Å². The summed E-state index contributed by atoms with van der Waals surface area (Å²) in [5.41, 5.74) is 2.61. The molecule has 0 saturated carbocycles. The first-order valence-corrected chi connectivity index (χ1v) is 37.8. The topological polar surface area (TPSA) is 126 Å². The van der Waals surface area contributed by atoms with E-state index in [4.69, 9.17) is 19.2 Å². The summed E-state index contributed by atoms with van der Waals surface area (Å²) in [7, 11) is -4.49. The van der Waals surface area contributed by atoms with E-state index in [-0.39, 0.29) is 126 Å². The van der Waals surface area contributed by atoms with E-state index in [2.05, 4.69) is 271 Å². The minimum atomic E-state index is -2.42. The molecule has 8 nitrogen and oxygen atoms in total. The third-order valence-corrected chi connectivity index (χ3v) is 27.6. The fourth-order valence-electron chi connectivity index (χ4n) is 10.9. The van der Waals surface area contributed by atoms with Crippen molar-refractivity contribution in [3.63, 3.8) is 0 Å². The summed E-state index contributed by atoms with van der Waals surface area (Å²) in [6.07, 6.45) is 0.164. The number of carbonyl (C=O) groups is 2. The number of halogens is 5. The maximum absolute atomic E-state index is 14.2. The standard InChI is InChI=1S/C39H27O5P.C19H17BrP.C18H15P.CH2Br2.CH2O3.CH4.2BrH.2Na.H/c40-27-20-22-34-36(24-27)44-37-25-28(41)21-23-35(37)38(34)32-18-10-11-19-33(32)39(42)43-26-45(29-12-4-1-5-13-29,30-14-6-2-7-15-30)31-16-8-3-9-17-31;20-16-21(17-10-4-1-5-11-17,18-12-6-2-7-13-18)19-14-8-3-9-15-19;1-4-10-16(11-5-1)19(17-12-6-2-7-13-17)18-14-8-3-9-15-18;2-1-3;2-1-4-3;;;;;;/h1-25H,26H2;1-15H,16H2;1-15H;1H2;1,3H;1H4;2*1H;;;/q;+1;;;;;;;2*+1;-1/p-2. The number of phenols is 1. The number of hydrogen-bond acceptors (Lipinski definition) is 8. The van der Waals surface area contributed by atoms with Gasteiger partial charge in [-0.1, -0.05) is 258 Å². The van der Waals surface area contributed by atoms with Gasteiger partial charge in [0.1, 0.15) is 61.3 Å². The zero-order chi connectivity index (χ0) is 64.4. The molecule has 1 N–H and O–H groups in total. The molecular formula is C79H68Br5Na2O8P3. The molecule has 0 spiro atoms. The van der Waals surface area contributed by atoms with Crippen LogP contribution in [-0.2, 0) is 14.4 Å². The SMILES string of the molecule is BrCBr.BrC[P+](c1ccccc1)(c1ccccc1)c1ccccc1.C.O=C(OC[P+](c1ccccc1)(c1ccccc1)c1ccccc1)c1ccccc1-c1c2ccc(=O)cc-2oc2cc(O)ccc12.O=CO[O-].[Br-].[Br-].[H-].[Na+].[Na+].c1ccc(P(c2ccccc2)c2ccccc2)cc1. The van der Waals surface area contributed by atoms with Crippen LogP contribution >= 0.6 is 70.2 Å². The van der Waals surface area contributed by atoms with Gasteiger partial charge in [0.25, 0.3) is 6.47 Å². The number of alkyl halides is 3. The second-order valence-electron chi connectivity index (χ2n) is 20.3. The summed E-state index contributed by atoms with van der Waals surface area (Å²) < 4.78 is 13.3. The van der Waals surface area contributed by atoms with Crippen LogP contribution in [0.15, 0.2) is 343 Å². The number of rotatable bonds is 15. The van der Waals surface area contributed by atoms with Gasteiger partial charge in [-0.2, -0.15) is 0 Å². The van der Waals surface area contributed by atoms with E-state index in [0.29, 0.717) is 39.0 Å². The Morgan fingerprint density at radius 2 is 0.804 bits per heavy atom. The Morgan fingerprint density at radius 1 is 0.474 bits per heavy atom. The van der Waals surface area contributed by atoms with E-state index in [0.717, 1.165) is 25.2 Å². The van der Waals surface area contributed by atoms with Crippen LogP contribution in [0.3, 0.4) is 0 Å². The van der Waals surface area contributed by atoms with Crippen molar-refractivity contribution in [3.05, 3.63) is 349 Å². The number of esters is 1. The Kier molecular flexibility index (Phi) is 38.0. The number of phenolic OH excluding ortho intramolecular Hbond substituents is 1. The van der Waals surface area contributed by atoms with Gasteiger partial charge in [-0.25, -0.2) is 4.79 Å². The van der Waals surface area contributed by atoms with Gasteiger partial charge in [0, 0.05) is 28.6 Å². The molecule has 11 aromatic carbocycles. The molecule has 1 aliphatic carbocycles. The maximum atomic E-state index is 14.2. The van der Waals surface area contributed by atoms with Crippen molar-refractivity contribution in [2.24, 2.45) is 0 Å². The van der Waals surface area contributed by atoms with Crippen molar-refractivity contribution >= 4 is 141 Å². The summed E-state index contributed by atoms with van der Waals surface area (Å²) in [5.74, 6) is -0.0643. The molecular weight excluding hydrogens is 1620 g/mol. The van der Waals surface area contributed by atoms with Gasteiger partial charge in [0.2, 0.25) is 6.35 Å². The molecule has 13 rings (SSSR count). The molecule has 1 aliphatic heterocycles. The summed E-state index contributed by atoms with van der Waals surface area (Å²) in [4.78, 5) is 37.8. The van der Waals surface area contributed by atoms with Crippen molar-refractivity contribution in [3.8, 4) is 28.2 Å². The van der Waals surface area contributed by atoms with Crippen LogP contribution in [0.2, 0.25) is 0 Å². The van der Waals surface area contributed by atoms with Gasteiger partial charge in [-0.05, 0) is 148 Å². The van der Waals surface area contributed by atoms with Crippen molar-refractivity contribution in [2.45, 2.75) is 7.43 Å². The number of benzene rings is 12. The molecule has 97 heavy (non-hydrogen) atoms. The van der Waals surface area contributed by atoms with Crippen molar-refractivity contribution in [1.82, 2.24) is 0 Å². The molecule has 0 saturated heterocycles. The Bertz CT molecular complexity index is 4120. The first-order valence-electron chi connectivity index (χ1n) is 29.1. The van der Waals surface area contributed by atoms with E-state index >= 15 is 0 Å². The monoisotopic (exact) mass is 1680 g/mol. The molecule has 0 unspecified atom stereocenters. The van der Waals surface area contributed by atoms with Gasteiger partial charge in [-0.15, -0.1) is 0 Å². The quantitative estimate of drug-likeness (QED) is 0.0238. The first-order chi connectivity index (χ1) is 45.2.